The van der Waals surface area contributed by atoms with E-state index in [0.717, 1.165) is 25.6 Å². The molecule has 0 radical (unpaired) electrons. The van der Waals surface area contributed by atoms with Gasteiger partial charge in [0.15, 0.2) is 0 Å². The maximum atomic E-state index is 6.27. The lowest BCUT2D eigenvalue weighted by Crippen LogP contribution is -2.11. The number of aromatic nitrogens is 2. The van der Waals surface area contributed by atoms with Crippen LogP contribution in [0.5, 0.6) is 0 Å². The van der Waals surface area contributed by atoms with Crippen LogP contribution in [0.15, 0.2) is 53.0 Å². The highest BCUT2D eigenvalue weighted by Crippen LogP contribution is 2.34. The highest BCUT2D eigenvalue weighted by Gasteiger charge is 2.16. The van der Waals surface area contributed by atoms with E-state index in [-0.39, 0.29) is 6.04 Å². The first-order chi connectivity index (χ1) is 10.2. The molecule has 0 aliphatic rings. The van der Waals surface area contributed by atoms with Gasteiger partial charge in [-0.05, 0) is 34.0 Å². The molecule has 1 heterocycles. The van der Waals surface area contributed by atoms with Crippen molar-refractivity contribution in [2.45, 2.75) is 13.0 Å². The third-order valence-electron chi connectivity index (χ3n) is 3.29. The molecule has 0 spiro atoms. The zero-order valence-electron chi connectivity index (χ0n) is 11.5. The van der Waals surface area contributed by atoms with E-state index in [4.69, 9.17) is 5.73 Å². The quantitative estimate of drug-likeness (QED) is 0.757. The lowest BCUT2D eigenvalue weighted by Gasteiger charge is -2.07. The zero-order valence-corrected chi connectivity index (χ0v) is 13.9. The van der Waals surface area contributed by atoms with Crippen molar-refractivity contribution >= 4 is 27.3 Å². The molecule has 0 fully saturated rings. The van der Waals surface area contributed by atoms with Crippen molar-refractivity contribution in [3.8, 4) is 10.6 Å². The molecule has 1 atom stereocenters. The summed E-state index contributed by atoms with van der Waals surface area (Å²) in [6, 6.07) is 15.8. The van der Waals surface area contributed by atoms with Crippen molar-refractivity contribution in [2.75, 3.05) is 0 Å². The van der Waals surface area contributed by atoms with Crippen LogP contribution in [0.25, 0.3) is 10.6 Å². The van der Waals surface area contributed by atoms with Crippen molar-refractivity contribution in [1.82, 2.24) is 10.2 Å². The first-order valence-corrected chi connectivity index (χ1v) is 8.17. The Kier molecular flexibility index (Phi) is 4.14. The summed E-state index contributed by atoms with van der Waals surface area (Å²) in [7, 11) is 0. The van der Waals surface area contributed by atoms with Gasteiger partial charge in [-0.15, -0.1) is 10.2 Å². The first-order valence-electron chi connectivity index (χ1n) is 6.56. The van der Waals surface area contributed by atoms with Crippen molar-refractivity contribution in [2.24, 2.45) is 5.73 Å². The highest BCUT2D eigenvalue weighted by molar-refractivity contribution is 9.10. The minimum Gasteiger partial charge on any atom is -0.318 e. The molecule has 0 aliphatic carbocycles. The fourth-order valence-corrected chi connectivity index (χ4v) is 3.57. The summed E-state index contributed by atoms with van der Waals surface area (Å²) in [5.41, 5.74) is 9.55. The molecule has 1 aromatic heterocycles. The summed E-state index contributed by atoms with van der Waals surface area (Å²) >= 11 is 5.15. The second-order valence-corrected chi connectivity index (χ2v) is 6.57. The van der Waals surface area contributed by atoms with Crippen molar-refractivity contribution in [3.05, 3.63) is 69.1 Å². The molecular formula is C16H14BrN3S. The van der Waals surface area contributed by atoms with Gasteiger partial charge in [0.05, 0.1) is 6.04 Å². The number of nitrogens with two attached hydrogens (primary N) is 1. The Morgan fingerprint density at radius 2 is 1.81 bits per heavy atom. The Hall–Kier alpha value is -1.56. The lowest BCUT2D eigenvalue weighted by molar-refractivity contribution is 0.831. The van der Waals surface area contributed by atoms with Crippen molar-refractivity contribution < 1.29 is 0 Å². The van der Waals surface area contributed by atoms with E-state index in [9.17, 15) is 0 Å². The molecule has 0 saturated carbocycles. The van der Waals surface area contributed by atoms with Gasteiger partial charge < -0.3 is 5.73 Å². The van der Waals surface area contributed by atoms with Crippen LogP contribution in [0.2, 0.25) is 0 Å². The summed E-state index contributed by atoms with van der Waals surface area (Å²) in [6.45, 7) is 2.06. The van der Waals surface area contributed by atoms with E-state index >= 15 is 0 Å². The van der Waals surface area contributed by atoms with Crippen LogP contribution in [0, 0.1) is 6.92 Å². The number of benzene rings is 2. The molecule has 1 unspecified atom stereocenters. The maximum Gasteiger partial charge on any atom is 0.149 e. The Morgan fingerprint density at radius 1 is 1.05 bits per heavy atom. The van der Waals surface area contributed by atoms with Crippen LogP contribution in [-0.2, 0) is 0 Å². The smallest absolute Gasteiger partial charge is 0.149 e. The maximum absolute atomic E-state index is 6.27. The number of aryl methyl sites for hydroxylation is 1. The average molecular weight is 360 g/mol. The topological polar surface area (TPSA) is 51.8 Å². The molecule has 21 heavy (non-hydrogen) atoms. The summed E-state index contributed by atoms with van der Waals surface area (Å²) in [6.07, 6.45) is 0. The van der Waals surface area contributed by atoms with Gasteiger partial charge in [0, 0.05) is 10.0 Å². The average Bonchev–Trinajstić information content (AvgIpc) is 3.00. The Labute approximate surface area is 136 Å². The van der Waals surface area contributed by atoms with Crippen LogP contribution >= 0.6 is 27.3 Å². The minimum absolute atomic E-state index is 0.235. The summed E-state index contributed by atoms with van der Waals surface area (Å²) < 4.78 is 1.06. The monoisotopic (exact) mass is 359 g/mol. The van der Waals surface area contributed by atoms with Gasteiger partial charge in [0.25, 0.3) is 0 Å². The standard InChI is InChI=1S/C16H14BrN3S/c1-10-6-5-9-12(13(10)17)15-19-20-16(21-15)14(18)11-7-3-2-4-8-11/h2-9,14H,18H2,1H3. The molecule has 3 nitrogen and oxygen atoms in total. The third-order valence-corrected chi connectivity index (χ3v) is 5.38. The number of nitrogens with zero attached hydrogens (tertiary/aromatic N) is 2. The molecule has 0 amide bonds. The van der Waals surface area contributed by atoms with Gasteiger partial charge in [-0.2, -0.15) is 0 Å². The predicted octanol–water partition coefficient (Wildman–Crippen LogP) is 4.32. The molecule has 0 aliphatic heterocycles. The van der Waals surface area contributed by atoms with Gasteiger partial charge >= 0.3 is 0 Å². The minimum atomic E-state index is -0.235. The molecule has 2 aromatic carbocycles. The second-order valence-electron chi connectivity index (χ2n) is 4.77. The molecule has 106 valence electrons. The van der Waals surface area contributed by atoms with E-state index in [1.54, 1.807) is 0 Å². The largest absolute Gasteiger partial charge is 0.318 e. The fourth-order valence-electron chi connectivity index (χ4n) is 2.08. The van der Waals surface area contributed by atoms with Gasteiger partial charge in [0.2, 0.25) is 0 Å². The Balaban J connectivity index is 1.95. The van der Waals surface area contributed by atoms with E-state index in [1.807, 2.05) is 42.5 Å². The summed E-state index contributed by atoms with van der Waals surface area (Å²) in [4.78, 5) is 0. The second kappa shape index (κ2) is 6.05. The zero-order chi connectivity index (χ0) is 14.8. The molecule has 0 saturated heterocycles. The predicted molar refractivity (Wildman–Crippen MR) is 90.3 cm³/mol. The first kappa shape index (κ1) is 14.4. The number of halogens is 1. The van der Waals surface area contributed by atoms with Crippen LogP contribution in [0.3, 0.4) is 0 Å². The lowest BCUT2D eigenvalue weighted by atomic mass is 10.1. The third kappa shape index (κ3) is 2.90. The number of hydrogen-bond donors (Lipinski definition) is 1. The van der Waals surface area contributed by atoms with E-state index in [1.165, 1.54) is 16.9 Å². The van der Waals surface area contributed by atoms with Crippen LogP contribution in [0.4, 0.5) is 0 Å². The molecular weight excluding hydrogens is 346 g/mol. The molecule has 5 heteroatoms. The van der Waals surface area contributed by atoms with Crippen molar-refractivity contribution in [1.29, 1.82) is 0 Å². The van der Waals surface area contributed by atoms with Crippen LogP contribution in [0.1, 0.15) is 22.2 Å². The van der Waals surface area contributed by atoms with Gasteiger partial charge in [0.1, 0.15) is 10.0 Å². The van der Waals surface area contributed by atoms with Gasteiger partial charge in [-0.25, -0.2) is 0 Å². The SMILES string of the molecule is Cc1cccc(-c2nnc(C(N)c3ccccc3)s2)c1Br. The van der Waals surface area contributed by atoms with Crippen LogP contribution < -0.4 is 5.73 Å². The molecule has 0 bridgehead atoms. The van der Waals surface area contributed by atoms with Crippen LogP contribution in [-0.4, -0.2) is 10.2 Å². The Bertz CT molecular complexity index is 755. The number of hydrogen-bond acceptors (Lipinski definition) is 4. The van der Waals surface area contributed by atoms with E-state index in [2.05, 4.69) is 39.1 Å². The van der Waals surface area contributed by atoms with Crippen molar-refractivity contribution in [3.63, 3.8) is 0 Å². The summed E-state index contributed by atoms with van der Waals surface area (Å²) in [5.74, 6) is 0. The van der Waals surface area contributed by atoms with E-state index in [0.29, 0.717) is 0 Å². The van der Waals surface area contributed by atoms with Gasteiger partial charge in [-0.3, -0.25) is 0 Å². The molecule has 3 rings (SSSR count). The molecule has 2 N–H and O–H groups in total. The molecule has 3 aromatic rings. The fraction of sp³-hybridized carbons (Fsp3) is 0.125. The highest BCUT2D eigenvalue weighted by atomic mass is 79.9. The number of rotatable bonds is 3. The van der Waals surface area contributed by atoms with Gasteiger partial charge in [-0.1, -0.05) is 59.9 Å². The summed E-state index contributed by atoms with van der Waals surface area (Å²) in [5, 5.41) is 10.3. The normalized spacial score (nSPS) is 12.3. The van der Waals surface area contributed by atoms with E-state index < -0.39 is 0 Å². The Morgan fingerprint density at radius 3 is 2.57 bits per heavy atom.